The molecule has 51 heavy (non-hydrogen) atoms. The van der Waals surface area contributed by atoms with Gasteiger partial charge in [0.2, 0.25) is 5.91 Å². The lowest BCUT2D eigenvalue weighted by molar-refractivity contribution is -0.115. The molecule has 4 aromatic rings. The van der Waals surface area contributed by atoms with Crippen molar-refractivity contribution in [1.29, 1.82) is 0 Å². The Hall–Kier alpha value is -4.93. The zero-order chi connectivity index (χ0) is 36.3. The fraction of sp³-hybridized carbons (Fsp3) is 0.390. The minimum absolute atomic E-state index is 0.180. The number of aliphatic hydroxyl groups is 1. The number of nitrogens with one attached hydrogen (secondary N) is 2. The summed E-state index contributed by atoms with van der Waals surface area (Å²) in [6, 6.07) is 27.5. The number of amides is 4. The van der Waals surface area contributed by atoms with Crippen molar-refractivity contribution in [3.63, 3.8) is 0 Å². The fourth-order valence-electron chi connectivity index (χ4n) is 6.35. The zero-order valence-electron chi connectivity index (χ0n) is 30.0. The Morgan fingerprint density at radius 1 is 0.961 bits per heavy atom. The maximum absolute atomic E-state index is 14.4. The molecule has 10 heteroatoms. The number of aliphatic hydroxyl groups excluding tert-OH is 1. The predicted octanol–water partition coefficient (Wildman–Crippen LogP) is 6.98. The normalized spacial score (nSPS) is 19.3. The average molecular weight is 695 g/mol. The molecule has 0 aliphatic carbocycles. The molecule has 0 spiro atoms. The topological polar surface area (TPSA) is 120 Å². The number of hydrogen-bond acceptors (Lipinski definition) is 6. The van der Waals surface area contributed by atoms with Crippen molar-refractivity contribution < 1.29 is 29.0 Å². The number of nitrogens with zero attached hydrogens (tertiary/aromatic N) is 2. The first-order valence-corrected chi connectivity index (χ1v) is 17.8. The first kappa shape index (κ1) is 37.3. The van der Waals surface area contributed by atoms with Crippen LogP contribution in [0.2, 0.25) is 0 Å². The standard InChI is InChI=1S/C41H50N4O6/c1-28-25-45(29(2)27-46)40(48)35-24-33(42-39(47)23-31-14-6-5-7-15-31)20-21-37(35)51-30(3)13-10-11-22-50-38(28)26-44(4)41(49)43-36-19-12-17-32-16-8-9-18-34(32)36/h5-9,12,14-21,24,28-30,38,46H,10-11,13,22-23,25-27H2,1-4H3,(H,42,47)(H,43,49)/t28-,29+,30-,38-/m1/s1. The van der Waals surface area contributed by atoms with Crippen molar-refractivity contribution >= 4 is 40.0 Å². The van der Waals surface area contributed by atoms with Gasteiger partial charge in [0.25, 0.3) is 5.91 Å². The molecule has 0 radical (unpaired) electrons. The Bertz CT molecular complexity index is 1780. The molecule has 0 fully saturated rings. The molecular formula is C41H50N4O6. The molecule has 0 saturated carbocycles. The second kappa shape index (κ2) is 17.8. The van der Waals surface area contributed by atoms with Crippen LogP contribution in [0.4, 0.5) is 16.2 Å². The molecule has 0 saturated heterocycles. The van der Waals surface area contributed by atoms with E-state index in [-0.39, 0.29) is 49.4 Å². The zero-order valence-corrected chi connectivity index (χ0v) is 30.0. The lowest BCUT2D eigenvalue weighted by Crippen LogP contribution is -2.48. The first-order chi connectivity index (χ1) is 24.6. The van der Waals surface area contributed by atoms with E-state index < -0.39 is 12.1 Å². The number of hydrogen-bond donors (Lipinski definition) is 3. The Kier molecular flexibility index (Phi) is 13.0. The van der Waals surface area contributed by atoms with Crippen molar-refractivity contribution in [3.8, 4) is 5.75 Å². The summed E-state index contributed by atoms with van der Waals surface area (Å²) in [5, 5.41) is 18.3. The van der Waals surface area contributed by atoms with Crippen molar-refractivity contribution in [2.45, 2.75) is 64.7 Å². The van der Waals surface area contributed by atoms with Crippen LogP contribution in [0.5, 0.6) is 5.75 Å². The van der Waals surface area contributed by atoms with Gasteiger partial charge in [-0.05, 0) is 68.3 Å². The number of urea groups is 1. The van der Waals surface area contributed by atoms with Gasteiger partial charge in [-0.15, -0.1) is 0 Å². The van der Waals surface area contributed by atoms with Gasteiger partial charge >= 0.3 is 6.03 Å². The average Bonchev–Trinajstić information content (AvgIpc) is 3.13. The van der Waals surface area contributed by atoms with Crippen LogP contribution in [0.15, 0.2) is 91.0 Å². The van der Waals surface area contributed by atoms with E-state index in [2.05, 4.69) is 10.6 Å². The molecule has 0 bridgehead atoms. The van der Waals surface area contributed by atoms with Crippen LogP contribution in [0.1, 0.15) is 56.0 Å². The third-order valence-corrected chi connectivity index (χ3v) is 9.37. The lowest BCUT2D eigenvalue weighted by Gasteiger charge is -2.35. The summed E-state index contributed by atoms with van der Waals surface area (Å²) in [6.07, 6.45) is 2.02. The van der Waals surface area contributed by atoms with E-state index in [0.29, 0.717) is 30.2 Å². The maximum Gasteiger partial charge on any atom is 0.321 e. The lowest BCUT2D eigenvalue weighted by atomic mass is 10.0. The van der Waals surface area contributed by atoms with E-state index in [1.54, 1.807) is 42.0 Å². The quantitative estimate of drug-likeness (QED) is 0.183. The highest BCUT2D eigenvalue weighted by atomic mass is 16.5. The summed E-state index contributed by atoms with van der Waals surface area (Å²) in [6.45, 7) is 6.55. The van der Waals surface area contributed by atoms with Crippen LogP contribution in [0.25, 0.3) is 10.8 Å². The summed E-state index contributed by atoms with van der Waals surface area (Å²) >= 11 is 0. The molecule has 1 heterocycles. The summed E-state index contributed by atoms with van der Waals surface area (Å²) in [7, 11) is 1.74. The number of benzene rings is 4. The Morgan fingerprint density at radius 2 is 1.71 bits per heavy atom. The molecule has 1 aliphatic heterocycles. The highest BCUT2D eigenvalue weighted by Crippen LogP contribution is 2.29. The molecule has 1 aliphatic rings. The van der Waals surface area contributed by atoms with E-state index in [1.165, 1.54) is 0 Å². The van der Waals surface area contributed by atoms with Crippen LogP contribution < -0.4 is 15.4 Å². The minimum atomic E-state index is -0.525. The Labute approximate surface area is 300 Å². The highest BCUT2D eigenvalue weighted by molar-refractivity contribution is 6.02. The van der Waals surface area contributed by atoms with Gasteiger partial charge in [0.05, 0.1) is 42.5 Å². The van der Waals surface area contributed by atoms with Crippen LogP contribution in [0, 0.1) is 5.92 Å². The van der Waals surface area contributed by atoms with E-state index in [1.807, 2.05) is 86.6 Å². The van der Waals surface area contributed by atoms with Crippen molar-refractivity contribution in [3.05, 3.63) is 102 Å². The van der Waals surface area contributed by atoms with E-state index in [4.69, 9.17) is 9.47 Å². The summed E-state index contributed by atoms with van der Waals surface area (Å²) in [4.78, 5) is 44.1. The molecule has 270 valence electrons. The van der Waals surface area contributed by atoms with E-state index in [9.17, 15) is 19.5 Å². The molecular weight excluding hydrogens is 644 g/mol. The van der Waals surface area contributed by atoms with Crippen molar-refractivity contribution in [2.24, 2.45) is 5.92 Å². The van der Waals surface area contributed by atoms with Gasteiger partial charge in [0, 0.05) is 43.7 Å². The molecule has 5 rings (SSSR count). The fourth-order valence-corrected chi connectivity index (χ4v) is 6.35. The SMILES string of the molecule is C[C@@H]1CCCCO[C@H](CN(C)C(=O)Nc2cccc3ccccc23)[C@H](C)CN([C@@H](C)CO)C(=O)c2cc(NC(=O)Cc3ccccc3)ccc2O1. The molecule has 10 nitrogen and oxygen atoms in total. The number of carbonyl (C=O) groups is 3. The van der Waals surface area contributed by atoms with Gasteiger partial charge in [-0.2, -0.15) is 0 Å². The molecule has 0 unspecified atom stereocenters. The molecule has 0 aromatic heterocycles. The van der Waals surface area contributed by atoms with Crippen molar-refractivity contribution in [1.82, 2.24) is 9.80 Å². The monoisotopic (exact) mass is 694 g/mol. The predicted molar refractivity (Wildman–Crippen MR) is 201 cm³/mol. The third kappa shape index (κ3) is 10.1. The molecule has 4 atom stereocenters. The number of ether oxygens (including phenoxy) is 2. The minimum Gasteiger partial charge on any atom is -0.490 e. The van der Waals surface area contributed by atoms with E-state index in [0.717, 1.165) is 41.3 Å². The molecule has 4 aromatic carbocycles. The Morgan fingerprint density at radius 3 is 2.49 bits per heavy atom. The highest BCUT2D eigenvalue weighted by Gasteiger charge is 2.31. The molecule has 3 N–H and O–H groups in total. The molecule has 4 amide bonds. The first-order valence-electron chi connectivity index (χ1n) is 17.8. The summed E-state index contributed by atoms with van der Waals surface area (Å²) in [5.74, 6) is -0.323. The maximum atomic E-state index is 14.4. The van der Waals surface area contributed by atoms with Gasteiger partial charge in [-0.25, -0.2) is 4.79 Å². The number of anilines is 2. The number of fused-ring (bicyclic) bond motifs is 2. The van der Waals surface area contributed by atoms with Gasteiger partial charge in [-0.1, -0.05) is 73.7 Å². The number of rotatable bonds is 8. The number of carbonyl (C=O) groups excluding carboxylic acids is 3. The van der Waals surface area contributed by atoms with Gasteiger partial charge in [0.15, 0.2) is 0 Å². The second-order valence-electron chi connectivity index (χ2n) is 13.6. The van der Waals surface area contributed by atoms with E-state index >= 15 is 0 Å². The van der Waals surface area contributed by atoms with Crippen LogP contribution >= 0.6 is 0 Å². The van der Waals surface area contributed by atoms with Crippen LogP contribution in [-0.4, -0.2) is 84.4 Å². The van der Waals surface area contributed by atoms with Crippen LogP contribution in [0.3, 0.4) is 0 Å². The summed E-state index contributed by atoms with van der Waals surface area (Å²) < 4.78 is 12.8. The smallest absolute Gasteiger partial charge is 0.321 e. The second-order valence-corrected chi connectivity index (χ2v) is 13.6. The van der Waals surface area contributed by atoms with Crippen LogP contribution in [-0.2, 0) is 16.0 Å². The van der Waals surface area contributed by atoms with Gasteiger partial charge in [0.1, 0.15) is 5.75 Å². The largest absolute Gasteiger partial charge is 0.490 e. The van der Waals surface area contributed by atoms with Gasteiger partial charge < -0.3 is 35.0 Å². The van der Waals surface area contributed by atoms with Crippen molar-refractivity contribution in [2.75, 3.05) is 44.0 Å². The van der Waals surface area contributed by atoms with Gasteiger partial charge in [-0.3, -0.25) is 9.59 Å². The Balaban J connectivity index is 1.37. The third-order valence-electron chi connectivity index (χ3n) is 9.37. The number of likely N-dealkylation sites (N-methyl/N-ethyl adjacent to an activating group) is 1. The summed E-state index contributed by atoms with van der Waals surface area (Å²) in [5.41, 5.74) is 2.38.